The highest BCUT2D eigenvalue weighted by molar-refractivity contribution is 6.32. The summed E-state index contributed by atoms with van der Waals surface area (Å²) in [5.74, 6) is 0. The molecule has 1 heterocycles. The number of likely N-dealkylation sites (tertiary alicyclic amines) is 1. The zero-order valence-corrected chi connectivity index (χ0v) is 12.2. The van der Waals surface area contributed by atoms with Gasteiger partial charge in [-0.15, -0.1) is 0 Å². The van der Waals surface area contributed by atoms with Crippen LogP contribution in [0.3, 0.4) is 0 Å². The van der Waals surface area contributed by atoms with Gasteiger partial charge in [-0.3, -0.25) is 4.99 Å². The molecule has 0 saturated carbocycles. The molecule has 17 heavy (non-hydrogen) atoms. The molecule has 1 saturated heterocycles. The lowest BCUT2D eigenvalue weighted by Gasteiger charge is -2.28. The second-order valence-corrected chi connectivity index (χ2v) is 5.32. The predicted molar refractivity (Wildman–Crippen MR) is 74.0 cm³/mol. The van der Waals surface area contributed by atoms with Gasteiger partial charge in [-0.2, -0.15) is 0 Å². The third-order valence-corrected chi connectivity index (χ3v) is 3.56. The van der Waals surface area contributed by atoms with Crippen LogP contribution in [0, 0.1) is 0 Å². The maximum atomic E-state index is 6.15. The van der Waals surface area contributed by atoms with Crippen molar-refractivity contribution in [1.29, 1.82) is 0 Å². The van der Waals surface area contributed by atoms with Gasteiger partial charge in [0.2, 0.25) is 0 Å². The number of nitrogens with zero attached hydrogens (tertiary/aromatic N) is 2. The SMILES string of the molecule is COC(C)[C@@H](C)/N=C1/CCN(C)C/C1=C(/C)Cl. The molecule has 0 amide bonds. The van der Waals surface area contributed by atoms with Crippen LogP contribution in [0.25, 0.3) is 0 Å². The van der Waals surface area contributed by atoms with Crippen LogP contribution in [-0.2, 0) is 4.74 Å². The quantitative estimate of drug-likeness (QED) is 0.778. The lowest BCUT2D eigenvalue weighted by molar-refractivity contribution is 0.101. The van der Waals surface area contributed by atoms with Crippen molar-refractivity contribution >= 4 is 17.3 Å². The van der Waals surface area contributed by atoms with Crippen molar-refractivity contribution < 1.29 is 4.74 Å². The van der Waals surface area contributed by atoms with Crippen LogP contribution >= 0.6 is 11.6 Å². The number of hydrogen-bond donors (Lipinski definition) is 0. The summed E-state index contributed by atoms with van der Waals surface area (Å²) in [4.78, 5) is 7.04. The number of halogens is 1. The molecule has 0 aromatic carbocycles. The molecular weight excluding hydrogens is 236 g/mol. The summed E-state index contributed by atoms with van der Waals surface area (Å²) in [7, 11) is 3.83. The Bertz CT molecular complexity index is 321. The van der Waals surface area contributed by atoms with E-state index in [4.69, 9.17) is 21.3 Å². The van der Waals surface area contributed by atoms with E-state index in [2.05, 4.69) is 18.9 Å². The normalized spacial score (nSPS) is 27.1. The first-order valence-corrected chi connectivity index (χ1v) is 6.47. The second-order valence-electron chi connectivity index (χ2n) is 4.76. The van der Waals surface area contributed by atoms with Gasteiger partial charge in [0.1, 0.15) is 0 Å². The molecule has 0 radical (unpaired) electrons. The van der Waals surface area contributed by atoms with Crippen molar-refractivity contribution in [2.45, 2.75) is 39.3 Å². The van der Waals surface area contributed by atoms with Crippen LogP contribution in [-0.4, -0.2) is 50.0 Å². The van der Waals surface area contributed by atoms with E-state index in [1.54, 1.807) is 7.11 Å². The number of likely N-dealkylation sites (N-methyl/N-ethyl adjacent to an activating group) is 1. The molecule has 0 bridgehead atoms. The standard InChI is InChI=1S/C13H23ClN2O/c1-9(14)12-8-16(4)7-6-13(12)15-10(2)11(3)17-5/h10-11H,6-8H2,1-5H3/b12-9+,15-13-/t10-,11?/m1/s1. The Kier molecular flexibility index (Phi) is 5.63. The van der Waals surface area contributed by atoms with E-state index in [9.17, 15) is 0 Å². The Morgan fingerprint density at radius 2 is 2.12 bits per heavy atom. The molecule has 1 rings (SSSR count). The third kappa shape index (κ3) is 4.09. The molecule has 0 aromatic rings. The zero-order chi connectivity index (χ0) is 13.0. The number of hydrogen-bond acceptors (Lipinski definition) is 3. The van der Waals surface area contributed by atoms with Crippen molar-refractivity contribution in [3.05, 3.63) is 10.6 Å². The van der Waals surface area contributed by atoms with Gasteiger partial charge >= 0.3 is 0 Å². The van der Waals surface area contributed by atoms with Crippen molar-refractivity contribution in [2.24, 2.45) is 4.99 Å². The Balaban J connectivity index is 2.88. The highest BCUT2D eigenvalue weighted by Crippen LogP contribution is 2.20. The van der Waals surface area contributed by atoms with Gasteiger partial charge in [0.05, 0.1) is 12.1 Å². The molecule has 98 valence electrons. The van der Waals surface area contributed by atoms with Crippen LogP contribution in [0.15, 0.2) is 15.6 Å². The number of aliphatic imine (C=N–C) groups is 1. The zero-order valence-electron chi connectivity index (χ0n) is 11.5. The first-order chi connectivity index (χ1) is 7.95. The lowest BCUT2D eigenvalue weighted by Crippen LogP contribution is -2.34. The summed E-state index contributed by atoms with van der Waals surface area (Å²) in [6, 6.07) is 0.171. The predicted octanol–water partition coefficient (Wildman–Crippen LogP) is 2.70. The fraction of sp³-hybridized carbons (Fsp3) is 0.769. The molecule has 0 aliphatic carbocycles. The summed E-state index contributed by atoms with van der Waals surface area (Å²) in [6.07, 6.45) is 1.11. The van der Waals surface area contributed by atoms with E-state index in [-0.39, 0.29) is 12.1 Å². The van der Waals surface area contributed by atoms with E-state index in [0.717, 1.165) is 30.3 Å². The number of allylic oxidation sites excluding steroid dienone is 1. The van der Waals surface area contributed by atoms with E-state index >= 15 is 0 Å². The lowest BCUT2D eigenvalue weighted by atomic mass is 10.0. The summed E-state index contributed by atoms with van der Waals surface area (Å²) >= 11 is 6.15. The largest absolute Gasteiger partial charge is 0.380 e. The van der Waals surface area contributed by atoms with E-state index in [1.807, 2.05) is 13.8 Å². The summed E-state index contributed by atoms with van der Waals surface area (Å²) in [5, 5.41) is 0.854. The molecular formula is C13H23ClN2O. The fourth-order valence-electron chi connectivity index (χ4n) is 1.89. The highest BCUT2D eigenvalue weighted by Gasteiger charge is 2.20. The molecule has 1 aliphatic heterocycles. The second kappa shape index (κ2) is 6.53. The van der Waals surface area contributed by atoms with Gasteiger partial charge in [-0.25, -0.2) is 0 Å². The van der Waals surface area contributed by atoms with Crippen molar-refractivity contribution in [2.75, 3.05) is 27.2 Å². The number of piperidine rings is 1. The Morgan fingerprint density at radius 1 is 1.47 bits per heavy atom. The number of ether oxygens (including phenoxy) is 1. The first-order valence-electron chi connectivity index (χ1n) is 6.09. The summed E-state index contributed by atoms with van der Waals surface area (Å²) < 4.78 is 5.30. The monoisotopic (exact) mass is 258 g/mol. The van der Waals surface area contributed by atoms with Gasteiger partial charge in [0.25, 0.3) is 0 Å². The molecule has 3 nitrogen and oxygen atoms in total. The molecule has 0 aromatic heterocycles. The van der Waals surface area contributed by atoms with Crippen LogP contribution in [0.1, 0.15) is 27.2 Å². The fourth-order valence-corrected chi connectivity index (χ4v) is 2.05. The minimum absolute atomic E-state index is 0.138. The summed E-state index contributed by atoms with van der Waals surface area (Å²) in [6.45, 7) is 8.00. The Hall–Kier alpha value is -0.380. The summed E-state index contributed by atoms with van der Waals surface area (Å²) in [5.41, 5.74) is 2.32. The average Bonchev–Trinajstić information content (AvgIpc) is 2.29. The molecule has 1 fully saturated rings. The molecule has 1 unspecified atom stereocenters. The van der Waals surface area contributed by atoms with Crippen molar-refractivity contribution in [3.8, 4) is 0 Å². The van der Waals surface area contributed by atoms with E-state index in [1.165, 1.54) is 5.57 Å². The van der Waals surface area contributed by atoms with Gasteiger partial charge in [0, 0.05) is 42.9 Å². The smallest absolute Gasteiger partial charge is 0.0763 e. The Labute approximate surface area is 109 Å². The Morgan fingerprint density at radius 3 is 2.65 bits per heavy atom. The highest BCUT2D eigenvalue weighted by atomic mass is 35.5. The molecule has 4 heteroatoms. The number of rotatable bonds is 3. The topological polar surface area (TPSA) is 24.8 Å². The van der Waals surface area contributed by atoms with Crippen molar-refractivity contribution in [3.63, 3.8) is 0 Å². The van der Waals surface area contributed by atoms with Crippen LogP contribution in [0.4, 0.5) is 0 Å². The van der Waals surface area contributed by atoms with Crippen LogP contribution in [0.5, 0.6) is 0 Å². The molecule has 0 N–H and O–H groups in total. The maximum Gasteiger partial charge on any atom is 0.0763 e. The average molecular weight is 259 g/mol. The molecule has 0 spiro atoms. The third-order valence-electron chi connectivity index (χ3n) is 3.33. The van der Waals surface area contributed by atoms with Gasteiger partial charge in [-0.1, -0.05) is 11.6 Å². The first kappa shape index (κ1) is 14.7. The minimum Gasteiger partial charge on any atom is -0.380 e. The minimum atomic E-state index is 0.138. The van der Waals surface area contributed by atoms with Crippen molar-refractivity contribution in [1.82, 2.24) is 4.90 Å². The molecule has 2 atom stereocenters. The van der Waals surface area contributed by atoms with E-state index in [0.29, 0.717) is 0 Å². The van der Waals surface area contributed by atoms with Gasteiger partial charge < -0.3 is 9.64 Å². The maximum absolute atomic E-state index is 6.15. The van der Waals surface area contributed by atoms with E-state index < -0.39 is 0 Å². The van der Waals surface area contributed by atoms with Gasteiger partial charge in [0.15, 0.2) is 0 Å². The number of methoxy groups -OCH3 is 1. The van der Waals surface area contributed by atoms with Crippen LogP contribution in [0.2, 0.25) is 0 Å². The van der Waals surface area contributed by atoms with Gasteiger partial charge in [-0.05, 0) is 27.8 Å². The van der Waals surface area contributed by atoms with Crippen LogP contribution < -0.4 is 0 Å². The molecule has 1 aliphatic rings.